The molecule has 0 heterocycles. The van der Waals surface area contributed by atoms with Gasteiger partial charge >= 0.3 is 0 Å². The van der Waals surface area contributed by atoms with Crippen LogP contribution in [0, 0.1) is 11.8 Å². The van der Waals surface area contributed by atoms with Crippen LogP contribution in [-0.4, -0.2) is 0 Å². The van der Waals surface area contributed by atoms with Crippen molar-refractivity contribution in [2.75, 3.05) is 0 Å². The van der Waals surface area contributed by atoms with Crippen LogP contribution in [0.1, 0.15) is 18.1 Å². The molecule has 56 valence electrons. The monoisotopic (exact) mass is 145 g/mol. The second-order valence-electron chi connectivity index (χ2n) is 2.24. The van der Waals surface area contributed by atoms with Gasteiger partial charge in [-0.25, -0.2) is 0 Å². The van der Waals surface area contributed by atoms with Crippen LogP contribution in [-0.2, 0) is 6.54 Å². The number of rotatable bonds is 1. The first-order chi connectivity index (χ1) is 5.38. The zero-order chi connectivity index (χ0) is 8.10. The molecule has 0 saturated carbocycles. The van der Waals surface area contributed by atoms with Crippen molar-refractivity contribution in [3.05, 3.63) is 35.4 Å². The van der Waals surface area contributed by atoms with Crippen LogP contribution in [0.25, 0.3) is 0 Å². The lowest BCUT2D eigenvalue weighted by Gasteiger charge is -1.98. The number of hydrogen-bond donors (Lipinski definition) is 1. The van der Waals surface area contributed by atoms with E-state index in [0.717, 1.165) is 11.1 Å². The summed E-state index contributed by atoms with van der Waals surface area (Å²) in [6.07, 6.45) is 0. The molecule has 2 N–H and O–H groups in total. The second-order valence-corrected chi connectivity index (χ2v) is 2.24. The average Bonchev–Trinajstić information content (AvgIpc) is 2.06. The summed E-state index contributed by atoms with van der Waals surface area (Å²) in [5, 5.41) is 0. The predicted molar refractivity (Wildman–Crippen MR) is 46.9 cm³/mol. The highest BCUT2D eigenvalue weighted by molar-refractivity contribution is 5.40. The molecule has 0 radical (unpaired) electrons. The maximum atomic E-state index is 5.51. The summed E-state index contributed by atoms with van der Waals surface area (Å²) in [6.45, 7) is 2.39. The molecule has 1 nitrogen and oxygen atoms in total. The standard InChI is InChI=1S/C10H11N/c1-2-5-9-6-3-4-7-10(9)8-11/h3-4,6-7H,8,11H2,1H3. The summed E-state index contributed by atoms with van der Waals surface area (Å²) in [5.41, 5.74) is 7.67. The van der Waals surface area contributed by atoms with Gasteiger partial charge in [-0.1, -0.05) is 24.1 Å². The highest BCUT2D eigenvalue weighted by Crippen LogP contribution is 2.05. The molecule has 0 atom stereocenters. The Kier molecular flexibility index (Phi) is 2.71. The summed E-state index contributed by atoms with van der Waals surface area (Å²) in [4.78, 5) is 0. The fourth-order valence-corrected chi connectivity index (χ4v) is 0.955. The summed E-state index contributed by atoms with van der Waals surface area (Å²) >= 11 is 0. The highest BCUT2D eigenvalue weighted by atomic mass is 14.5. The Morgan fingerprint density at radius 3 is 2.73 bits per heavy atom. The smallest absolute Gasteiger partial charge is 0.0290 e. The Hall–Kier alpha value is -1.26. The predicted octanol–water partition coefficient (Wildman–Crippen LogP) is 1.52. The Morgan fingerprint density at radius 2 is 2.09 bits per heavy atom. The lowest BCUT2D eigenvalue weighted by atomic mass is 10.1. The van der Waals surface area contributed by atoms with Crippen LogP contribution >= 0.6 is 0 Å². The van der Waals surface area contributed by atoms with Crippen molar-refractivity contribution >= 4 is 0 Å². The molecule has 0 saturated heterocycles. The zero-order valence-electron chi connectivity index (χ0n) is 6.59. The summed E-state index contributed by atoms with van der Waals surface area (Å²) in [5.74, 6) is 5.85. The maximum Gasteiger partial charge on any atom is 0.0290 e. The van der Waals surface area contributed by atoms with E-state index in [1.165, 1.54) is 0 Å². The molecule has 0 aliphatic carbocycles. The van der Waals surface area contributed by atoms with E-state index in [2.05, 4.69) is 11.8 Å². The summed E-state index contributed by atoms with van der Waals surface area (Å²) < 4.78 is 0. The van der Waals surface area contributed by atoms with Gasteiger partial charge in [0.05, 0.1) is 0 Å². The van der Waals surface area contributed by atoms with Crippen molar-refractivity contribution in [2.24, 2.45) is 5.73 Å². The van der Waals surface area contributed by atoms with Crippen molar-refractivity contribution in [1.29, 1.82) is 0 Å². The van der Waals surface area contributed by atoms with E-state index >= 15 is 0 Å². The van der Waals surface area contributed by atoms with Gasteiger partial charge in [-0.2, -0.15) is 0 Å². The fourth-order valence-electron chi connectivity index (χ4n) is 0.955. The highest BCUT2D eigenvalue weighted by Gasteiger charge is 1.93. The van der Waals surface area contributed by atoms with Crippen LogP contribution < -0.4 is 5.73 Å². The van der Waals surface area contributed by atoms with Crippen LogP contribution in [0.2, 0.25) is 0 Å². The van der Waals surface area contributed by atoms with Gasteiger partial charge in [0.15, 0.2) is 0 Å². The van der Waals surface area contributed by atoms with Gasteiger partial charge < -0.3 is 5.73 Å². The lowest BCUT2D eigenvalue weighted by Crippen LogP contribution is -1.98. The van der Waals surface area contributed by atoms with Gasteiger partial charge in [-0.3, -0.25) is 0 Å². The van der Waals surface area contributed by atoms with Gasteiger partial charge in [0.25, 0.3) is 0 Å². The largest absolute Gasteiger partial charge is 0.326 e. The van der Waals surface area contributed by atoms with Crippen molar-refractivity contribution in [3.63, 3.8) is 0 Å². The minimum atomic E-state index is 0.560. The first-order valence-corrected chi connectivity index (χ1v) is 3.59. The first-order valence-electron chi connectivity index (χ1n) is 3.59. The Bertz CT molecular complexity index is 291. The molecule has 1 heteroatoms. The van der Waals surface area contributed by atoms with E-state index < -0.39 is 0 Å². The minimum absolute atomic E-state index is 0.560. The third-order valence-electron chi connectivity index (χ3n) is 1.50. The van der Waals surface area contributed by atoms with Crippen LogP contribution in [0.5, 0.6) is 0 Å². The van der Waals surface area contributed by atoms with E-state index in [4.69, 9.17) is 5.73 Å². The van der Waals surface area contributed by atoms with E-state index in [1.807, 2.05) is 31.2 Å². The molecule has 0 unspecified atom stereocenters. The number of hydrogen-bond acceptors (Lipinski definition) is 1. The molecule has 1 rings (SSSR count). The van der Waals surface area contributed by atoms with Crippen LogP contribution in [0.3, 0.4) is 0 Å². The second kappa shape index (κ2) is 3.80. The van der Waals surface area contributed by atoms with Crippen molar-refractivity contribution in [2.45, 2.75) is 13.5 Å². The Balaban J connectivity index is 3.09. The first kappa shape index (κ1) is 7.84. The molecule has 0 aromatic heterocycles. The molecular weight excluding hydrogens is 134 g/mol. The van der Waals surface area contributed by atoms with Crippen molar-refractivity contribution < 1.29 is 0 Å². The van der Waals surface area contributed by atoms with Crippen LogP contribution in [0.15, 0.2) is 24.3 Å². The minimum Gasteiger partial charge on any atom is -0.326 e. The zero-order valence-corrected chi connectivity index (χ0v) is 6.59. The molecule has 0 spiro atoms. The summed E-state index contributed by atoms with van der Waals surface area (Å²) in [7, 11) is 0. The Labute approximate surface area is 67.2 Å². The van der Waals surface area contributed by atoms with Gasteiger partial charge in [-0.15, -0.1) is 5.92 Å². The molecule has 1 aromatic carbocycles. The van der Waals surface area contributed by atoms with Gasteiger partial charge in [0.1, 0.15) is 0 Å². The third kappa shape index (κ3) is 1.83. The van der Waals surface area contributed by atoms with E-state index in [1.54, 1.807) is 0 Å². The SMILES string of the molecule is CC#Cc1ccccc1CN. The molecule has 11 heavy (non-hydrogen) atoms. The lowest BCUT2D eigenvalue weighted by molar-refractivity contribution is 1.06. The molecule has 0 amide bonds. The van der Waals surface area contributed by atoms with E-state index in [9.17, 15) is 0 Å². The summed E-state index contributed by atoms with van der Waals surface area (Å²) in [6, 6.07) is 7.93. The number of nitrogens with two attached hydrogens (primary N) is 1. The van der Waals surface area contributed by atoms with Crippen LogP contribution in [0.4, 0.5) is 0 Å². The third-order valence-corrected chi connectivity index (χ3v) is 1.50. The van der Waals surface area contributed by atoms with Gasteiger partial charge in [-0.05, 0) is 18.6 Å². The quantitative estimate of drug-likeness (QED) is 0.596. The molecule has 1 aromatic rings. The van der Waals surface area contributed by atoms with E-state index in [0.29, 0.717) is 6.54 Å². The molecule has 0 bridgehead atoms. The Morgan fingerprint density at radius 1 is 1.36 bits per heavy atom. The fraction of sp³-hybridized carbons (Fsp3) is 0.200. The van der Waals surface area contributed by atoms with Gasteiger partial charge in [0, 0.05) is 12.1 Å². The molecular formula is C10H11N. The molecule has 0 aliphatic heterocycles. The normalized spacial score (nSPS) is 8.55. The van der Waals surface area contributed by atoms with E-state index in [-0.39, 0.29) is 0 Å². The number of benzene rings is 1. The maximum absolute atomic E-state index is 5.51. The van der Waals surface area contributed by atoms with Gasteiger partial charge in [0.2, 0.25) is 0 Å². The average molecular weight is 145 g/mol. The molecule has 0 fully saturated rings. The topological polar surface area (TPSA) is 26.0 Å². The van der Waals surface area contributed by atoms with Crippen molar-refractivity contribution in [1.82, 2.24) is 0 Å². The van der Waals surface area contributed by atoms with Crippen molar-refractivity contribution in [3.8, 4) is 11.8 Å². The molecule has 0 aliphatic rings.